The molecule has 0 amide bonds. The van der Waals surface area contributed by atoms with Gasteiger partial charge in [-0.2, -0.15) is 0 Å². The number of aromatic nitrogens is 2. The number of hydrogen-bond acceptors (Lipinski definition) is 7. The van der Waals surface area contributed by atoms with Crippen LogP contribution < -0.4 is 5.32 Å². The van der Waals surface area contributed by atoms with Gasteiger partial charge in [-0.15, -0.1) is 16.1 Å². The van der Waals surface area contributed by atoms with Crippen molar-refractivity contribution in [3.63, 3.8) is 0 Å². The molecule has 0 aliphatic carbocycles. The molecule has 1 aliphatic heterocycles. The van der Waals surface area contributed by atoms with Crippen molar-refractivity contribution in [2.75, 3.05) is 37.0 Å². The van der Waals surface area contributed by atoms with Crippen molar-refractivity contribution in [1.82, 2.24) is 15.1 Å². The molecule has 8 heteroatoms. The van der Waals surface area contributed by atoms with Crippen molar-refractivity contribution >= 4 is 26.4 Å². The molecule has 172 valence electrons. The molecule has 2 aromatic carbocycles. The largest absolute Gasteiger partial charge is 0.507 e. The lowest BCUT2D eigenvalue weighted by Crippen LogP contribution is -2.43. The Morgan fingerprint density at radius 3 is 2.70 bits per heavy atom. The first-order chi connectivity index (χ1) is 15.8. The molecule has 0 saturated carbocycles. The van der Waals surface area contributed by atoms with E-state index in [4.69, 9.17) is 0 Å². The van der Waals surface area contributed by atoms with E-state index in [-0.39, 0.29) is 17.5 Å². The van der Waals surface area contributed by atoms with Gasteiger partial charge in [0.2, 0.25) is 0 Å². The van der Waals surface area contributed by atoms with Gasteiger partial charge >= 0.3 is 0 Å². The minimum absolute atomic E-state index is 0.115. The number of anilines is 1. The van der Waals surface area contributed by atoms with Gasteiger partial charge < -0.3 is 15.3 Å². The van der Waals surface area contributed by atoms with E-state index in [0.717, 1.165) is 42.3 Å². The lowest BCUT2D eigenvalue weighted by molar-refractivity contribution is 0.227. The first kappa shape index (κ1) is 23.0. The lowest BCUT2D eigenvalue weighted by Gasteiger charge is -2.33. The molecule has 4 rings (SSSR count). The zero-order chi connectivity index (χ0) is 23.4. The standard InChI is InChI=1S/C25H28N4O3S/c1-3-7-18-11-12-22(23(30)16-18)24-20-9-4-5-10-21(20)25(28-27-24)26-19-8-6-13-29(17-19)14-15-33(2,31)32/h4-5,9-12,16,19,30H,6,8,13-15,17H2,1-2H3,(H,26,28). The Hall–Kier alpha value is -3.15. The van der Waals surface area contributed by atoms with E-state index in [0.29, 0.717) is 23.6 Å². The summed E-state index contributed by atoms with van der Waals surface area (Å²) in [5, 5.41) is 24.9. The number of fused-ring (bicyclic) bond motifs is 1. The molecular weight excluding hydrogens is 436 g/mol. The molecule has 1 aliphatic rings. The highest BCUT2D eigenvalue weighted by Gasteiger charge is 2.22. The molecular formula is C25H28N4O3S. The van der Waals surface area contributed by atoms with E-state index in [1.165, 1.54) is 6.26 Å². The van der Waals surface area contributed by atoms with E-state index in [1.54, 1.807) is 13.0 Å². The summed E-state index contributed by atoms with van der Waals surface area (Å²) in [6.07, 6.45) is 3.25. The summed E-state index contributed by atoms with van der Waals surface area (Å²) in [4.78, 5) is 2.19. The van der Waals surface area contributed by atoms with Gasteiger partial charge in [0.05, 0.1) is 5.75 Å². The Kier molecular flexibility index (Phi) is 6.82. The molecule has 2 heterocycles. The van der Waals surface area contributed by atoms with Crippen molar-refractivity contribution in [3.05, 3.63) is 48.0 Å². The van der Waals surface area contributed by atoms with Gasteiger partial charge in [-0.3, -0.25) is 0 Å². The van der Waals surface area contributed by atoms with Crippen LogP contribution in [0.15, 0.2) is 42.5 Å². The molecule has 3 aromatic rings. The van der Waals surface area contributed by atoms with Crippen LogP contribution in [0.4, 0.5) is 5.82 Å². The summed E-state index contributed by atoms with van der Waals surface area (Å²) in [6, 6.07) is 13.3. The highest BCUT2D eigenvalue weighted by atomic mass is 32.2. The molecule has 1 aromatic heterocycles. The molecule has 0 spiro atoms. The second-order valence-electron chi connectivity index (χ2n) is 8.46. The number of aromatic hydroxyl groups is 1. The first-order valence-corrected chi connectivity index (χ1v) is 13.1. The molecule has 2 N–H and O–H groups in total. The zero-order valence-electron chi connectivity index (χ0n) is 18.9. The van der Waals surface area contributed by atoms with Crippen LogP contribution in [-0.4, -0.2) is 66.3 Å². The molecule has 1 fully saturated rings. The average molecular weight is 465 g/mol. The number of sulfone groups is 1. The van der Waals surface area contributed by atoms with Crippen LogP contribution in [0.2, 0.25) is 0 Å². The fourth-order valence-corrected chi connectivity index (χ4v) is 4.82. The molecule has 1 atom stereocenters. The molecule has 1 unspecified atom stereocenters. The number of benzene rings is 2. The minimum atomic E-state index is -2.98. The monoisotopic (exact) mass is 464 g/mol. The van der Waals surface area contributed by atoms with Crippen LogP contribution in [-0.2, 0) is 9.84 Å². The van der Waals surface area contributed by atoms with Crippen molar-refractivity contribution in [2.24, 2.45) is 0 Å². The summed E-state index contributed by atoms with van der Waals surface area (Å²) in [6.45, 7) is 3.96. The van der Waals surface area contributed by atoms with Crippen molar-refractivity contribution < 1.29 is 13.5 Å². The van der Waals surface area contributed by atoms with Crippen molar-refractivity contribution in [3.8, 4) is 28.8 Å². The summed E-state index contributed by atoms with van der Waals surface area (Å²) in [7, 11) is -2.98. The van der Waals surface area contributed by atoms with E-state index in [9.17, 15) is 13.5 Å². The van der Waals surface area contributed by atoms with Gasteiger partial charge in [-0.25, -0.2) is 8.42 Å². The second-order valence-corrected chi connectivity index (χ2v) is 10.7. The van der Waals surface area contributed by atoms with Crippen LogP contribution >= 0.6 is 0 Å². The van der Waals surface area contributed by atoms with Crippen LogP contribution in [0.5, 0.6) is 5.75 Å². The Morgan fingerprint density at radius 1 is 1.18 bits per heavy atom. The molecule has 33 heavy (non-hydrogen) atoms. The third-order valence-electron chi connectivity index (χ3n) is 5.83. The summed E-state index contributed by atoms with van der Waals surface area (Å²) in [5.74, 6) is 6.76. The Bertz CT molecular complexity index is 1330. The number of likely N-dealkylation sites (tertiary alicyclic amines) is 1. The quantitative estimate of drug-likeness (QED) is 0.541. The maximum absolute atomic E-state index is 11.5. The van der Waals surface area contributed by atoms with Crippen LogP contribution in [0.1, 0.15) is 25.3 Å². The maximum atomic E-state index is 11.5. The van der Waals surface area contributed by atoms with E-state index >= 15 is 0 Å². The molecule has 1 saturated heterocycles. The highest BCUT2D eigenvalue weighted by molar-refractivity contribution is 7.90. The molecule has 0 radical (unpaired) electrons. The van der Waals surface area contributed by atoms with E-state index in [1.807, 2.05) is 36.4 Å². The number of rotatable bonds is 6. The van der Waals surface area contributed by atoms with Gasteiger partial charge in [-0.05, 0) is 44.5 Å². The average Bonchev–Trinajstić information content (AvgIpc) is 2.79. The van der Waals surface area contributed by atoms with Gasteiger partial charge in [0.1, 0.15) is 21.3 Å². The summed E-state index contributed by atoms with van der Waals surface area (Å²) < 4.78 is 23.1. The van der Waals surface area contributed by atoms with Gasteiger partial charge in [0, 0.05) is 47.3 Å². The molecule has 7 nitrogen and oxygen atoms in total. The number of nitrogens with one attached hydrogen (secondary N) is 1. The van der Waals surface area contributed by atoms with E-state index < -0.39 is 9.84 Å². The summed E-state index contributed by atoms with van der Waals surface area (Å²) in [5.41, 5.74) is 1.96. The number of phenols is 1. The number of hydrogen-bond donors (Lipinski definition) is 2. The second kappa shape index (κ2) is 9.77. The maximum Gasteiger partial charge on any atom is 0.156 e. The van der Waals surface area contributed by atoms with Crippen molar-refractivity contribution in [1.29, 1.82) is 0 Å². The third-order valence-corrected chi connectivity index (χ3v) is 6.76. The fraction of sp³-hybridized carbons (Fsp3) is 0.360. The molecule has 0 bridgehead atoms. The van der Waals surface area contributed by atoms with Gasteiger partial charge in [0.25, 0.3) is 0 Å². The van der Waals surface area contributed by atoms with Crippen molar-refractivity contribution in [2.45, 2.75) is 25.8 Å². The van der Waals surface area contributed by atoms with Crippen LogP contribution in [0.3, 0.4) is 0 Å². The smallest absolute Gasteiger partial charge is 0.156 e. The zero-order valence-corrected chi connectivity index (χ0v) is 19.7. The fourth-order valence-electron chi connectivity index (χ4n) is 4.23. The normalized spacial score (nSPS) is 16.8. The van der Waals surface area contributed by atoms with Crippen LogP contribution in [0, 0.1) is 11.8 Å². The predicted octanol–water partition coefficient (Wildman–Crippen LogP) is 3.29. The summed E-state index contributed by atoms with van der Waals surface area (Å²) >= 11 is 0. The Labute approximate surface area is 194 Å². The highest BCUT2D eigenvalue weighted by Crippen LogP contribution is 2.35. The number of nitrogens with zero attached hydrogens (tertiary/aromatic N) is 3. The number of piperidine rings is 1. The van der Waals surface area contributed by atoms with Crippen LogP contribution in [0.25, 0.3) is 22.0 Å². The van der Waals surface area contributed by atoms with Gasteiger partial charge in [0.15, 0.2) is 5.82 Å². The first-order valence-electron chi connectivity index (χ1n) is 11.0. The Balaban J connectivity index is 1.60. The van der Waals surface area contributed by atoms with Gasteiger partial charge in [-0.1, -0.05) is 30.2 Å². The Morgan fingerprint density at radius 2 is 1.97 bits per heavy atom. The number of phenolic OH excluding ortho intramolecular Hbond substituents is 1. The minimum Gasteiger partial charge on any atom is -0.507 e. The topological polar surface area (TPSA) is 95.4 Å². The lowest BCUT2D eigenvalue weighted by atomic mass is 10.0. The predicted molar refractivity (Wildman–Crippen MR) is 132 cm³/mol. The van der Waals surface area contributed by atoms with E-state index in [2.05, 4.69) is 32.3 Å². The SMILES string of the molecule is CC#Cc1ccc(-c2nnc(NC3CCCN(CCS(C)(=O)=O)C3)c3ccccc23)c(O)c1. The third kappa shape index (κ3) is 5.62.